The van der Waals surface area contributed by atoms with Crippen molar-refractivity contribution < 1.29 is 0 Å². The Morgan fingerprint density at radius 2 is 2.22 bits per heavy atom. The first-order valence-corrected chi connectivity index (χ1v) is 7.15. The molecule has 2 rings (SSSR count). The Morgan fingerprint density at radius 3 is 2.89 bits per heavy atom. The third kappa shape index (κ3) is 2.99. The molecule has 0 bridgehead atoms. The molecular formula is C15H17Cl2N. The average molecular weight is 282 g/mol. The maximum atomic E-state index is 9.55. The van der Waals surface area contributed by atoms with Crippen LogP contribution >= 0.6 is 23.2 Å². The number of nitriles is 1. The van der Waals surface area contributed by atoms with E-state index in [-0.39, 0.29) is 5.41 Å². The van der Waals surface area contributed by atoms with Crippen LogP contribution in [0, 0.1) is 22.7 Å². The van der Waals surface area contributed by atoms with E-state index < -0.39 is 0 Å². The summed E-state index contributed by atoms with van der Waals surface area (Å²) in [5, 5.41) is 11.0. The van der Waals surface area contributed by atoms with Crippen molar-refractivity contribution in [3.05, 3.63) is 33.8 Å². The SMILES string of the molecule is CC1CCCC(C#N)(Cc2cc(Cl)ccc2Cl)C1. The van der Waals surface area contributed by atoms with Gasteiger partial charge in [-0.2, -0.15) is 5.26 Å². The van der Waals surface area contributed by atoms with Gasteiger partial charge in [0.2, 0.25) is 0 Å². The van der Waals surface area contributed by atoms with Gasteiger partial charge in [-0.05, 0) is 48.9 Å². The molecule has 0 heterocycles. The molecule has 1 aromatic rings. The maximum Gasteiger partial charge on any atom is 0.0693 e. The largest absolute Gasteiger partial charge is 0.198 e. The Hall–Kier alpha value is -0.710. The molecule has 0 N–H and O–H groups in total. The summed E-state index contributed by atoms with van der Waals surface area (Å²) in [6.45, 7) is 2.23. The van der Waals surface area contributed by atoms with Crippen LogP contribution in [-0.4, -0.2) is 0 Å². The van der Waals surface area contributed by atoms with E-state index in [2.05, 4.69) is 13.0 Å². The van der Waals surface area contributed by atoms with Crippen molar-refractivity contribution in [2.75, 3.05) is 0 Å². The summed E-state index contributed by atoms with van der Waals surface area (Å²) < 4.78 is 0. The third-order valence-corrected chi connectivity index (χ3v) is 4.47. The molecule has 18 heavy (non-hydrogen) atoms. The molecule has 0 aliphatic heterocycles. The molecule has 1 saturated carbocycles. The van der Waals surface area contributed by atoms with Gasteiger partial charge in [-0.1, -0.05) is 43.0 Å². The molecule has 1 aromatic carbocycles. The van der Waals surface area contributed by atoms with Crippen molar-refractivity contribution in [3.8, 4) is 6.07 Å². The second-order valence-electron chi connectivity index (χ2n) is 5.51. The van der Waals surface area contributed by atoms with Gasteiger partial charge < -0.3 is 0 Å². The van der Waals surface area contributed by atoms with Crippen LogP contribution in [0.25, 0.3) is 0 Å². The summed E-state index contributed by atoms with van der Waals surface area (Å²) in [5.41, 5.74) is 0.742. The predicted molar refractivity (Wildman–Crippen MR) is 75.8 cm³/mol. The molecular weight excluding hydrogens is 265 g/mol. The summed E-state index contributed by atoms with van der Waals surface area (Å²) in [6, 6.07) is 8.04. The normalized spacial score (nSPS) is 27.8. The van der Waals surface area contributed by atoms with Gasteiger partial charge in [0.1, 0.15) is 0 Å². The number of rotatable bonds is 2. The monoisotopic (exact) mass is 281 g/mol. The van der Waals surface area contributed by atoms with Crippen LogP contribution < -0.4 is 0 Å². The lowest BCUT2D eigenvalue weighted by atomic mass is 9.68. The highest BCUT2D eigenvalue weighted by molar-refractivity contribution is 6.33. The van der Waals surface area contributed by atoms with E-state index in [0.29, 0.717) is 22.4 Å². The van der Waals surface area contributed by atoms with E-state index >= 15 is 0 Å². The molecule has 0 spiro atoms. The number of hydrogen-bond acceptors (Lipinski definition) is 1. The standard InChI is InChI=1S/C15H17Cl2N/c1-11-3-2-6-15(8-11,10-18)9-12-7-13(16)4-5-14(12)17/h4-5,7,11H,2-3,6,8-9H2,1H3. The Bertz CT molecular complexity index is 478. The molecule has 0 aromatic heterocycles. The van der Waals surface area contributed by atoms with E-state index in [1.807, 2.05) is 12.1 Å². The Morgan fingerprint density at radius 1 is 1.44 bits per heavy atom. The third-order valence-electron chi connectivity index (χ3n) is 3.87. The molecule has 1 fully saturated rings. The molecule has 3 heteroatoms. The number of halogens is 2. The summed E-state index contributed by atoms with van der Waals surface area (Å²) in [4.78, 5) is 0. The Balaban J connectivity index is 2.25. The number of benzene rings is 1. The highest BCUT2D eigenvalue weighted by atomic mass is 35.5. The zero-order chi connectivity index (χ0) is 13.2. The van der Waals surface area contributed by atoms with Crippen LogP contribution in [0.5, 0.6) is 0 Å². The second kappa shape index (κ2) is 5.51. The van der Waals surface area contributed by atoms with E-state index in [0.717, 1.165) is 24.8 Å². The van der Waals surface area contributed by atoms with Crippen LogP contribution in [0.15, 0.2) is 18.2 Å². The first-order chi connectivity index (χ1) is 8.54. The predicted octanol–water partition coefficient (Wildman–Crippen LogP) is 5.26. The van der Waals surface area contributed by atoms with Gasteiger partial charge >= 0.3 is 0 Å². The average Bonchev–Trinajstić information content (AvgIpc) is 2.34. The molecule has 0 amide bonds. The maximum absolute atomic E-state index is 9.55. The Labute approximate surface area is 119 Å². The van der Waals surface area contributed by atoms with Crippen molar-refractivity contribution in [1.82, 2.24) is 0 Å². The van der Waals surface area contributed by atoms with E-state index in [1.54, 1.807) is 6.07 Å². The van der Waals surface area contributed by atoms with Crippen LogP contribution in [-0.2, 0) is 6.42 Å². The van der Waals surface area contributed by atoms with Gasteiger partial charge in [0.15, 0.2) is 0 Å². The molecule has 1 aliphatic rings. The van der Waals surface area contributed by atoms with E-state index in [4.69, 9.17) is 23.2 Å². The summed E-state index contributed by atoms with van der Waals surface area (Å²) in [5.74, 6) is 0.622. The van der Waals surface area contributed by atoms with Gasteiger partial charge in [0.05, 0.1) is 11.5 Å². The summed E-state index contributed by atoms with van der Waals surface area (Å²) in [7, 11) is 0. The minimum absolute atomic E-state index is 0.258. The highest BCUT2D eigenvalue weighted by Crippen LogP contribution is 2.42. The molecule has 1 nitrogen and oxygen atoms in total. The fourth-order valence-electron chi connectivity index (χ4n) is 3.01. The Kier molecular flexibility index (Phi) is 4.20. The zero-order valence-electron chi connectivity index (χ0n) is 10.5. The number of hydrogen-bond donors (Lipinski definition) is 0. The fourth-order valence-corrected chi connectivity index (χ4v) is 3.38. The van der Waals surface area contributed by atoms with Gasteiger partial charge in [0.25, 0.3) is 0 Å². The van der Waals surface area contributed by atoms with Crippen LogP contribution in [0.4, 0.5) is 0 Å². The minimum Gasteiger partial charge on any atom is -0.198 e. The quantitative estimate of drug-likeness (QED) is 0.726. The second-order valence-corrected chi connectivity index (χ2v) is 6.35. The van der Waals surface area contributed by atoms with Gasteiger partial charge in [0, 0.05) is 10.0 Å². The van der Waals surface area contributed by atoms with Crippen LogP contribution in [0.1, 0.15) is 38.2 Å². The first kappa shape index (κ1) is 13.7. The van der Waals surface area contributed by atoms with Crippen molar-refractivity contribution in [2.24, 2.45) is 11.3 Å². The highest BCUT2D eigenvalue weighted by Gasteiger charge is 2.35. The lowest BCUT2D eigenvalue weighted by molar-refractivity contribution is 0.209. The fraction of sp³-hybridized carbons (Fsp3) is 0.533. The van der Waals surface area contributed by atoms with Crippen molar-refractivity contribution in [1.29, 1.82) is 5.26 Å². The van der Waals surface area contributed by atoms with Crippen LogP contribution in [0.3, 0.4) is 0 Å². The van der Waals surface area contributed by atoms with Crippen molar-refractivity contribution in [3.63, 3.8) is 0 Å². The smallest absolute Gasteiger partial charge is 0.0693 e. The molecule has 2 atom stereocenters. The molecule has 96 valence electrons. The molecule has 0 saturated heterocycles. The van der Waals surface area contributed by atoms with E-state index in [1.165, 1.54) is 6.42 Å². The number of nitrogens with zero attached hydrogens (tertiary/aromatic N) is 1. The van der Waals surface area contributed by atoms with Gasteiger partial charge in [-0.25, -0.2) is 0 Å². The van der Waals surface area contributed by atoms with Crippen molar-refractivity contribution in [2.45, 2.75) is 39.0 Å². The molecule has 1 aliphatic carbocycles. The van der Waals surface area contributed by atoms with Gasteiger partial charge in [-0.15, -0.1) is 0 Å². The first-order valence-electron chi connectivity index (χ1n) is 6.40. The van der Waals surface area contributed by atoms with E-state index in [9.17, 15) is 5.26 Å². The topological polar surface area (TPSA) is 23.8 Å². The van der Waals surface area contributed by atoms with Gasteiger partial charge in [-0.3, -0.25) is 0 Å². The molecule has 2 unspecified atom stereocenters. The van der Waals surface area contributed by atoms with Crippen molar-refractivity contribution >= 4 is 23.2 Å². The lowest BCUT2D eigenvalue weighted by Crippen LogP contribution is -2.28. The summed E-state index contributed by atoms with van der Waals surface area (Å²) >= 11 is 12.2. The molecule has 0 radical (unpaired) electrons. The minimum atomic E-state index is -0.258. The van der Waals surface area contributed by atoms with Crippen LogP contribution in [0.2, 0.25) is 10.0 Å². The lowest BCUT2D eigenvalue weighted by Gasteiger charge is -2.34. The summed E-state index contributed by atoms with van der Waals surface area (Å²) in [6.07, 6.45) is 5.01. The zero-order valence-corrected chi connectivity index (χ0v) is 12.1.